The average molecular weight is 454 g/mol. The molecule has 0 bridgehead atoms. The Morgan fingerprint density at radius 3 is 2.27 bits per heavy atom. The molecule has 2 heteroatoms. The molecular weight excluding hydrogens is 426 g/mol. The molecule has 0 N–H and O–H groups in total. The van der Waals surface area contributed by atoms with Crippen molar-refractivity contribution in [1.29, 1.82) is 0 Å². The highest BCUT2D eigenvalue weighted by Gasteiger charge is 2.30. The highest BCUT2D eigenvalue weighted by atomic mass is 127. The van der Waals surface area contributed by atoms with Crippen LogP contribution in [0.2, 0.25) is 0 Å². The van der Waals surface area contributed by atoms with Gasteiger partial charge in [0.05, 0.1) is 0 Å². The van der Waals surface area contributed by atoms with E-state index in [9.17, 15) is 0 Å². The first-order chi connectivity index (χ1) is 12.6. The van der Waals surface area contributed by atoms with Crippen molar-refractivity contribution in [3.8, 4) is 0 Å². The molecule has 0 heterocycles. The lowest BCUT2D eigenvalue weighted by molar-refractivity contribution is 0.669. The highest BCUT2D eigenvalue weighted by molar-refractivity contribution is 14.1. The molecule has 0 aromatic heterocycles. The molecule has 0 aliphatic heterocycles. The second-order valence-corrected chi connectivity index (χ2v) is 9.48. The van der Waals surface area contributed by atoms with Crippen molar-refractivity contribution >= 4 is 46.1 Å². The van der Waals surface area contributed by atoms with Crippen LogP contribution in [-0.2, 0) is 3.32 Å². The molecule has 0 aliphatic rings. The average Bonchev–Trinajstić information content (AvgIpc) is 2.68. The summed E-state index contributed by atoms with van der Waals surface area (Å²) < 4.78 is 0.116. The lowest BCUT2D eigenvalue weighted by Crippen LogP contribution is -2.34. The van der Waals surface area contributed by atoms with Gasteiger partial charge >= 0.3 is 0 Å². The van der Waals surface area contributed by atoms with E-state index in [1.807, 2.05) is 0 Å². The van der Waals surface area contributed by atoms with Crippen LogP contribution < -0.4 is 5.46 Å². The third-order valence-electron chi connectivity index (χ3n) is 5.58. The van der Waals surface area contributed by atoms with Crippen LogP contribution in [0.3, 0.4) is 0 Å². The standard InChI is InChI=1S/C24H28BI/c1-4-11-18(3)20-14-9-16-22-21(20)15-10-17-23(22)24(26,5-2)25-19-12-7-6-8-13-19/h6-10,12-18,25H,4-5,11H2,1-3H3. The monoisotopic (exact) mass is 454 g/mol. The van der Waals surface area contributed by atoms with Gasteiger partial charge in [-0.15, -0.1) is 0 Å². The van der Waals surface area contributed by atoms with Gasteiger partial charge < -0.3 is 0 Å². The van der Waals surface area contributed by atoms with E-state index >= 15 is 0 Å². The summed E-state index contributed by atoms with van der Waals surface area (Å²) in [6, 6.07) is 24.7. The van der Waals surface area contributed by atoms with Gasteiger partial charge in [0.25, 0.3) is 0 Å². The Bertz CT molecular complexity index is 858. The largest absolute Gasteiger partial charge is 0.182 e. The normalized spacial score (nSPS) is 14.8. The number of benzene rings is 3. The summed E-state index contributed by atoms with van der Waals surface area (Å²) in [6.07, 6.45) is 3.60. The predicted molar refractivity (Wildman–Crippen MR) is 126 cm³/mol. The fraction of sp³-hybridized carbons (Fsp3) is 0.333. The van der Waals surface area contributed by atoms with E-state index in [1.54, 1.807) is 0 Å². The summed E-state index contributed by atoms with van der Waals surface area (Å²) in [5.74, 6) is 0.610. The van der Waals surface area contributed by atoms with Crippen LogP contribution in [0, 0.1) is 0 Å². The highest BCUT2D eigenvalue weighted by Crippen LogP contribution is 2.40. The first-order valence-corrected chi connectivity index (χ1v) is 10.9. The van der Waals surface area contributed by atoms with Gasteiger partial charge in [0.1, 0.15) is 0 Å². The van der Waals surface area contributed by atoms with Crippen molar-refractivity contribution in [2.75, 3.05) is 0 Å². The van der Waals surface area contributed by atoms with Gasteiger partial charge in [-0.1, -0.05) is 122 Å². The van der Waals surface area contributed by atoms with Gasteiger partial charge in [0, 0.05) is 3.32 Å². The lowest BCUT2D eigenvalue weighted by Gasteiger charge is -2.28. The quantitative estimate of drug-likeness (QED) is 0.217. The second kappa shape index (κ2) is 8.60. The van der Waals surface area contributed by atoms with Gasteiger partial charge in [-0.3, -0.25) is 0 Å². The van der Waals surface area contributed by atoms with E-state index in [-0.39, 0.29) is 3.32 Å². The van der Waals surface area contributed by atoms with Gasteiger partial charge in [0.2, 0.25) is 0 Å². The number of fused-ring (bicyclic) bond motifs is 1. The van der Waals surface area contributed by atoms with Crippen LogP contribution >= 0.6 is 22.6 Å². The van der Waals surface area contributed by atoms with E-state index in [0.29, 0.717) is 5.92 Å². The van der Waals surface area contributed by atoms with Gasteiger partial charge in [-0.05, 0) is 40.7 Å². The molecule has 0 amide bonds. The summed E-state index contributed by atoms with van der Waals surface area (Å²) in [6.45, 7) is 6.96. The number of hydrogen-bond acceptors (Lipinski definition) is 0. The van der Waals surface area contributed by atoms with E-state index in [4.69, 9.17) is 0 Å². The van der Waals surface area contributed by atoms with Crippen LogP contribution in [0.1, 0.15) is 57.1 Å². The van der Waals surface area contributed by atoms with Gasteiger partial charge in [0.15, 0.2) is 7.28 Å². The topological polar surface area (TPSA) is 0 Å². The molecule has 2 atom stereocenters. The third kappa shape index (κ3) is 4.00. The van der Waals surface area contributed by atoms with Crippen LogP contribution in [0.5, 0.6) is 0 Å². The first kappa shape index (κ1) is 19.5. The maximum atomic E-state index is 2.70. The minimum absolute atomic E-state index is 0.116. The zero-order valence-electron chi connectivity index (χ0n) is 16.1. The number of rotatable bonds is 7. The van der Waals surface area contributed by atoms with Crippen molar-refractivity contribution in [3.05, 3.63) is 77.9 Å². The molecule has 0 nitrogen and oxygen atoms in total. The Balaban J connectivity index is 2.10. The lowest BCUT2D eigenvalue weighted by atomic mass is 9.55. The van der Waals surface area contributed by atoms with E-state index in [1.165, 1.54) is 40.2 Å². The smallest absolute Gasteiger partial charge is 0.0828 e. The molecule has 26 heavy (non-hydrogen) atoms. The Hall–Kier alpha value is -1.29. The molecule has 3 rings (SSSR count). The van der Waals surface area contributed by atoms with Crippen molar-refractivity contribution in [3.63, 3.8) is 0 Å². The molecule has 0 aliphatic carbocycles. The Labute approximate surface area is 172 Å². The molecule has 134 valence electrons. The number of halogens is 1. The van der Waals surface area contributed by atoms with Crippen molar-refractivity contribution < 1.29 is 0 Å². The first-order valence-electron chi connectivity index (χ1n) is 9.84. The summed E-state index contributed by atoms with van der Waals surface area (Å²) in [5.41, 5.74) is 4.39. The summed E-state index contributed by atoms with van der Waals surface area (Å²) >= 11 is 2.70. The van der Waals surface area contributed by atoms with E-state index in [2.05, 4.69) is 110 Å². The number of hydrogen-bond donors (Lipinski definition) is 0. The van der Waals surface area contributed by atoms with Crippen molar-refractivity contribution in [1.82, 2.24) is 0 Å². The van der Waals surface area contributed by atoms with Crippen LogP contribution in [-0.4, -0.2) is 7.28 Å². The molecular formula is C24H28BI. The van der Waals surface area contributed by atoms with Crippen LogP contribution in [0.15, 0.2) is 66.7 Å². The minimum atomic E-state index is 0.116. The molecule has 3 aromatic rings. The van der Waals surface area contributed by atoms with Crippen LogP contribution in [0.4, 0.5) is 0 Å². The SMILES string of the molecule is CCCC(C)c1cccc2c(C(I)(Bc3ccccc3)CC)cccc12. The summed E-state index contributed by atoms with van der Waals surface area (Å²) in [5, 5.41) is 2.87. The van der Waals surface area contributed by atoms with E-state index in [0.717, 1.165) is 13.7 Å². The maximum Gasteiger partial charge on any atom is 0.182 e. The third-order valence-corrected chi connectivity index (χ3v) is 7.30. The van der Waals surface area contributed by atoms with Crippen molar-refractivity contribution in [2.45, 2.75) is 49.3 Å². The second-order valence-electron chi connectivity index (χ2n) is 7.42. The Morgan fingerprint density at radius 1 is 0.885 bits per heavy atom. The van der Waals surface area contributed by atoms with Gasteiger partial charge in [-0.2, -0.15) is 0 Å². The molecule has 0 saturated carbocycles. The molecule has 0 spiro atoms. The molecule has 3 aromatic carbocycles. The predicted octanol–water partition coefficient (Wildman–Crippen LogP) is 6.50. The van der Waals surface area contributed by atoms with Gasteiger partial charge in [-0.25, -0.2) is 0 Å². The molecule has 0 radical (unpaired) electrons. The van der Waals surface area contributed by atoms with E-state index < -0.39 is 0 Å². The van der Waals surface area contributed by atoms with Crippen LogP contribution in [0.25, 0.3) is 10.8 Å². The summed E-state index contributed by atoms with van der Waals surface area (Å²) in [7, 11) is 1.07. The summed E-state index contributed by atoms with van der Waals surface area (Å²) in [4.78, 5) is 0. The molecule has 2 unspecified atom stereocenters. The fourth-order valence-corrected chi connectivity index (χ4v) is 4.98. The Morgan fingerprint density at radius 2 is 1.58 bits per heavy atom. The number of alkyl halides is 1. The zero-order valence-corrected chi connectivity index (χ0v) is 18.3. The maximum absolute atomic E-state index is 2.70. The zero-order chi connectivity index (χ0) is 18.6. The fourth-order valence-electron chi connectivity index (χ4n) is 4.07. The molecule has 0 saturated heterocycles. The molecule has 0 fully saturated rings. The Kier molecular flexibility index (Phi) is 6.44. The minimum Gasteiger partial charge on any atom is -0.0828 e. The van der Waals surface area contributed by atoms with Crippen molar-refractivity contribution in [2.24, 2.45) is 0 Å².